The largest absolute Gasteiger partial charge is 0.489 e. The van der Waals surface area contributed by atoms with Crippen molar-refractivity contribution in [2.24, 2.45) is 5.10 Å². The Kier molecular flexibility index (Phi) is 8.24. The highest BCUT2D eigenvalue weighted by molar-refractivity contribution is 9.10. The van der Waals surface area contributed by atoms with Crippen LogP contribution in [0.25, 0.3) is 16.6 Å². The third-order valence-electron chi connectivity index (χ3n) is 7.12. The maximum absolute atomic E-state index is 13.5. The Balaban J connectivity index is 1.44. The van der Waals surface area contributed by atoms with Crippen LogP contribution in [0.4, 0.5) is 0 Å². The molecule has 0 fully saturated rings. The van der Waals surface area contributed by atoms with Gasteiger partial charge < -0.3 is 9.30 Å². The second-order valence-electron chi connectivity index (χ2n) is 9.84. The van der Waals surface area contributed by atoms with Crippen LogP contribution in [0.3, 0.4) is 0 Å². The molecule has 0 aliphatic carbocycles. The summed E-state index contributed by atoms with van der Waals surface area (Å²) in [5.41, 5.74) is 5.44. The molecule has 0 saturated heterocycles. The van der Waals surface area contributed by atoms with Gasteiger partial charge in [0.25, 0.3) is 5.56 Å². The van der Waals surface area contributed by atoms with E-state index >= 15 is 0 Å². The first-order valence-electron chi connectivity index (χ1n) is 13.2. The summed E-state index contributed by atoms with van der Waals surface area (Å²) in [6, 6.07) is 23.3. The molecule has 1 atom stereocenters. The molecule has 0 unspecified atom stereocenters. The molecule has 0 radical (unpaired) electrons. The monoisotopic (exact) mass is 616 g/mol. The van der Waals surface area contributed by atoms with Gasteiger partial charge in [-0.15, -0.1) is 0 Å². The summed E-state index contributed by atoms with van der Waals surface area (Å²) in [6.07, 6.45) is 2.59. The lowest BCUT2D eigenvalue weighted by atomic mass is 10.1. The molecule has 0 bridgehead atoms. The highest BCUT2D eigenvalue weighted by Gasteiger charge is 2.16. The van der Waals surface area contributed by atoms with Crippen LogP contribution in [-0.2, 0) is 6.61 Å². The van der Waals surface area contributed by atoms with Gasteiger partial charge >= 0.3 is 0 Å². The van der Waals surface area contributed by atoms with Crippen molar-refractivity contribution in [3.8, 4) is 11.4 Å². The Morgan fingerprint density at radius 1 is 1.07 bits per heavy atom. The van der Waals surface area contributed by atoms with E-state index in [1.165, 1.54) is 4.68 Å². The van der Waals surface area contributed by atoms with E-state index in [0.717, 1.165) is 44.8 Å². The van der Waals surface area contributed by atoms with E-state index in [9.17, 15) is 4.79 Å². The Morgan fingerprint density at radius 3 is 2.55 bits per heavy atom. The van der Waals surface area contributed by atoms with Gasteiger partial charge in [-0.1, -0.05) is 59.6 Å². The molecule has 5 aromatic rings. The highest BCUT2D eigenvalue weighted by atomic mass is 79.9. The summed E-state index contributed by atoms with van der Waals surface area (Å²) in [4.78, 5) is 18.3. The SMILES string of the molecule is CC[C@@H](C)c1nc2ccc(Br)cc2c(=O)n1N=Cc1cc(C)n(-c2ccc(OCc3ccccc3Cl)cc2)c1C. The summed E-state index contributed by atoms with van der Waals surface area (Å²) >= 11 is 9.72. The van der Waals surface area contributed by atoms with Crippen LogP contribution in [0, 0.1) is 13.8 Å². The van der Waals surface area contributed by atoms with Gasteiger partial charge in [-0.05, 0) is 74.9 Å². The first-order valence-corrected chi connectivity index (χ1v) is 14.4. The van der Waals surface area contributed by atoms with E-state index in [2.05, 4.69) is 52.4 Å². The number of halogens is 2. The van der Waals surface area contributed by atoms with Crippen LogP contribution in [0.2, 0.25) is 5.02 Å². The fraction of sp³-hybridized carbons (Fsp3) is 0.219. The van der Waals surface area contributed by atoms with Crippen LogP contribution in [0.15, 0.2) is 87.2 Å². The van der Waals surface area contributed by atoms with E-state index < -0.39 is 0 Å². The number of rotatable bonds is 8. The second kappa shape index (κ2) is 11.8. The van der Waals surface area contributed by atoms with Crippen LogP contribution < -0.4 is 10.3 Å². The molecule has 0 aliphatic rings. The van der Waals surface area contributed by atoms with Crippen molar-refractivity contribution in [1.29, 1.82) is 0 Å². The molecule has 2 heterocycles. The topological polar surface area (TPSA) is 61.4 Å². The average Bonchev–Trinajstić information content (AvgIpc) is 3.24. The van der Waals surface area contributed by atoms with Gasteiger partial charge in [0, 0.05) is 43.6 Å². The van der Waals surface area contributed by atoms with Crippen molar-refractivity contribution in [3.63, 3.8) is 0 Å². The summed E-state index contributed by atoms with van der Waals surface area (Å²) in [5, 5.41) is 5.89. The predicted octanol–water partition coefficient (Wildman–Crippen LogP) is 8.19. The van der Waals surface area contributed by atoms with E-state index in [1.807, 2.05) is 67.6 Å². The lowest BCUT2D eigenvalue weighted by molar-refractivity contribution is 0.306. The summed E-state index contributed by atoms with van der Waals surface area (Å²) in [7, 11) is 0. The molecular weight excluding hydrogens is 588 g/mol. The van der Waals surface area contributed by atoms with Gasteiger partial charge in [0.05, 0.1) is 17.1 Å². The maximum atomic E-state index is 13.5. The zero-order valence-corrected chi connectivity index (χ0v) is 25.2. The van der Waals surface area contributed by atoms with Gasteiger partial charge in [0.15, 0.2) is 0 Å². The van der Waals surface area contributed by atoms with Gasteiger partial charge in [0.1, 0.15) is 18.2 Å². The smallest absolute Gasteiger partial charge is 0.282 e. The van der Waals surface area contributed by atoms with Gasteiger partial charge in [-0.2, -0.15) is 9.78 Å². The summed E-state index contributed by atoms with van der Waals surface area (Å²) in [6.45, 7) is 8.64. The highest BCUT2D eigenvalue weighted by Crippen LogP contribution is 2.25. The molecule has 0 N–H and O–H groups in total. The van der Waals surface area contributed by atoms with Crippen molar-refractivity contribution in [3.05, 3.63) is 121 Å². The Labute approximate surface area is 247 Å². The molecular formula is C32H30BrClN4O2. The molecule has 3 aromatic carbocycles. The molecule has 2 aromatic heterocycles. The summed E-state index contributed by atoms with van der Waals surface area (Å²) < 4.78 is 10.4. The van der Waals surface area contributed by atoms with E-state index in [1.54, 1.807) is 12.3 Å². The number of hydrogen-bond acceptors (Lipinski definition) is 4. The Hall–Kier alpha value is -3.68. The number of nitrogens with zero attached hydrogens (tertiary/aromatic N) is 4. The zero-order valence-electron chi connectivity index (χ0n) is 22.9. The Bertz CT molecular complexity index is 1770. The minimum absolute atomic E-state index is 0.0731. The van der Waals surface area contributed by atoms with E-state index in [-0.39, 0.29) is 11.5 Å². The van der Waals surface area contributed by atoms with E-state index in [0.29, 0.717) is 28.4 Å². The van der Waals surface area contributed by atoms with Crippen molar-refractivity contribution in [2.75, 3.05) is 0 Å². The lowest BCUT2D eigenvalue weighted by Gasteiger charge is -2.14. The number of benzene rings is 3. The maximum Gasteiger partial charge on any atom is 0.282 e. The number of ether oxygens (including phenoxy) is 1. The standard InChI is InChI=1S/C32H30BrClN4O2/c1-5-20(2)31-36-30-15-10-25(33)17-28(30)32(39)38(31)35-18-24-16-21(3)37(22(24)4)26-11-13-27(14-12-26)40-19-23-8-6-7-9-29(23)34/h6-18,20H,5,19H2,1-4H3/t20-/m1/s1. The quantitative estimate of drug-likeness (QED) is 0.165. The normalized spacial score (nSPS) is 12.3. The summed E-state index contributed by atoms with van der Waals surface area (Å²) in [5.74, 6) is 1.49. The molecule has 5 rings (SSSR count). The average molecular weight is 618 g/mol. The van der Waals surface area contributed by atoms with Gasteiger partial charge in [0.2, 0.25) is 0 Å². The van der Waals surface area contributed by atoms with Crippen LogP contribution in [0.1, 0.15) is 54.5 Å². The third-order valence-corrected chi connectivity index (χ3v) is 7.98. The van der Waals surface area contributed by atoms with Crippen molar-refractivity contribution >= 4 is 44.6 Å². The first-order chi connectivity index (χ1) is 19.3. The number of aromatic nitrogens is 3. The van der Waals surface area contributed by atoms with Gasteiger partial charge in [-0.25, -0.2) is 4.98 Å². The molecule has 40 heavy (non-hydrogen) atoms. The minimum atomic E-state index is -0.181. The minimum Gasteiger partial charge on any atom is -0.489 e. The Morgan fingerprint density at radius 2 is 1.82 bits per heavy atom. The van der Waals surface area contributed by atoms with Crippen molar-refractivity contribution in [2.45, 2.75) is 46.6 Å². The molecule has 204 valence electrons. The van der Waals surface area contributed by atoms with Crippen LogP contribution in [-0.4, -0.2) is 20.4 Å². The molecule has 8 heteroatoms. The number of aryl methyl sites for hydroxylation is 1. The van der Waals surface area contributed by atoms with Crippen molar-refractivity contribution < 1.29 is 4.74 Å². The molecule has 0 saturated carbocycles. The third kappa shape index (κ3) is 5.62. The van der Waals surface area contributed by atoms with Crippen molar-refractivity contribution in [1.82, 2.24) is 14.2 Å². The number of fused-ring (bicyclic) bond motifs is 1. The van der Waals surface area contributed by atoms with Gasteiger partial charge in [-0.3, -0.25) is 4.79 Å². The number of hydrogen-bond donors (Lipinski definition) is 0. The lowest BCUT2D eigenvalue weighted by Crippen LogP contribution is -2.23. The predicted molar refractivity (Wildman–Crippen MR) is 166 cm³/mol. The van der Waals surface area contributed by atoms with E-state index in [4.69, 9.17) is 21.3 Å². The van der Waals surface area contributed by atoms with Crippen LogP contribution in [0.5, 0.6) is 5.75 Å². The molecule has 0 spiro atoms. The molecule has 0 amide bonds. The molecule has 0 aliphatic heterocycles. The zero-order chi connectivity index (χ0) is 28.4. The fourth-order valence-corrected chi connectivity index (χ4v) is 5.23. The van der Waals surface area contributed by atoms with Crippen LogP contribution >= 0.6 is 27.5 Å². The second-order valence-corrected chi connectivity index (χ2v) is 11.2. The first kappa shape index (κ1) is 27.9. The molecule has 6 nitrogen and oxygen atoms in total. The fourth-order valence-electron chi connectivity index (χ4n) is 4.68.